The number of hydrogen-bond acceptors (Lipinski definition) is 6. The monoisotopic (exact) mass is 509 g/mol. The Hall–Kier alpha value is -1.01. The summed E-state index contributed by atoms with van der Waals surface area (Å²) in [6.07, 6.45) is 2.51. The first-order valence-corrected chi connectivity index (χ1v) is 14.0. The number of nitrogens with one attached hydrogen (secondary N) is 4. The van der Waals surface area contributed by atoms with Gasteiger partial charge < -0.3 is 5.32 Å². The van der Waals surface area contributed by atoms with Crippen LogP contribution in [0, 0.1) is 17.8 Å². The minimum atomic E-state index is -3.77. The first-order valence-electron chi connectivity index (χ1n) is 11.9. The van der Waals surface area contributed by atoms with Crippen LogP contribution in [0.25, 0.3) is 0 Å². The van der Waals surface area contributed by atoms with Crippen LogP contribution in [-0.4, -0.2) is 74.8 Å². The summed E-state index contributed by atoms with van der Waals surface area (Å²) in [7, 11) is -1.79. The van der Waals surface area contributed by atoms with Crippen molar-refractivity contribution in [1.82, 2.24) is 25.8 Å². The largest absolute Gasteiger partial charge is 0.353 e. The third-order valence-electron chi connectivity index (χ3n) is 7.17. The second-order valence-electron chi connectivity index (χ2n) is 9.82. The van der Waals surface area contributed by atoms with Gasteiger partial charge in [-0.3, -0.25) is 25.2 Å². The van der Waals surface area contributed by atoms with E-state index in [1.807, 2.05) is 7.05 Å². The lowest BCUT2D eigenvalue weighted by molar-refractivity contribution is -0.129. The Labute approximate surface area is 201 Å². The first-order chi connectivity index (χ1) is 15.6. The maximum atomic E-state index is 14.7. The highest BCUT2D eigenvalue weighted by atomic mass is 35.5. The van der Waals surface area contributed by atoms with Gasteiger partial charge in [0.25, 0.3) is 0 Å². The van der Waals surface area contributed by atoms with Crippen molar-refractivity contribution in [2.24, 2.45) is 17.8 Å². The predicted molar refractivity (Wildman–Crippen MR) is 124 cm³/mol. The van der Waals surface area contributed by atoms with Gasteiger partial charge in [0.2, 0.25) is 21.8 Å². The van der Waals surface area contributed by atoms with Crippen LogP contribution >= 0.6 is 11.6 Å². The van der Waals surface area contributed by atoms with E-state index >= 15 is 0 Å². The molecule has 0 aromatic rings. The number of nitrogens with zero attached hydrogens (tertiary/aromatic N) is 1. The van der Waals surface area contributed by atoms with Gasteiger partial charge in [-0.1, -0.05) is 6.92 Å². The normalized spacial score (nSPS) is 35.8. The Balaban J connectivity index is 1.47. The number of carbonyl (C=O) groups excluding carboxylic acids is 2. The molecule has 0 aromatic carbocycles. The van der Waals surface area contributed by atoms with Gasteiger partial charge >= 0.3 is 0 Å². The Kier molecular flexibility index (Phi) is 9.36. The fourth-order valence-electron chi connectivity index (χ4n) is 5.23. The third kappa shape index (κ3) is 7.48. The molecule has 2 amide bonds. The molecule has 0 radical (unpaired) electrons. The zero-order valence-corrected chi connectivity index (χ0v) is 20.9. The molecule has 9 nitrogen and oxygen atoms in total. The third-order valence-corrected chi connectivity index (χ3v) is 8.91. The molecular weight excluding hydrogens is 473 g/mol. The minimum Gasteiger partial charge on any atom is -0.353 e. The van der Waals surface area contributed by atoms with Crippen LogP contribution in [0.1, 0.15) is 51.9 Å². The molecule has 2 saturated carbocycles. The molecule has 3 aliphatic rings. The van der Waals surface area contributed by atoms with Crippen LogP contribution < -0.4 is 20.9 Å². The fourth-order valence-corrected chi connectivity index (χ4v) is 6.93. The molecule has 2 aliphatic carbocycles. The maximum absolute atomic E-state index is 14.7. The quantitative estimate of drug-likeness (QED) is 0.284. The Morgan fingerprint density at radius 2 is 1.88 bits per heavy atom. The second kappa shape index (κ2) is 11.6. The van der Waals surface area contributed by atoms with Crippen molar-refractivity contribution in [2.45, 2.75) is 75.5 Å². The number of halogens is 2. The van der Waals surface area contributed by atoms with E-state index in [9.17, 15) is 22.4 Å². The highest BCUT2D eigenvalue weighted by Gasteiger charge is 2.44. The first kappa shape index (κ1) is 26.6. The average Bonchev–Trinajstić information content (AvgIpc) is 3.21. The number of rotatable bonds is 8. The summed E-state index contributed by atoms with van der Waals surface area (Å²) in [6, 6.07) is 0.218. The summed E-state index contributed by atoms with van der Waals surface area (Å²) in [5.74, 6) is -1.82. The molecule has 0 aromatic heterocycles. The SMILES string of the molecule is CCC(=O)NC1CCC(CS(=O)(=O)NNC(=O)C2CC(C3CN(C)CN3)CC(Cl)C2F)CC1. The molecule has 4 N–H and O–H groups in total. The molecule has 12 heteroatoms. The van der Waals surface area contributed by atoms with E-state index in [1.165, 1.54) is 0 Å². The maximum Gasteiger partial charge on any atom is 0.241 e. The molecule has 0 spiro atoms. The number of likely N-dealkylation sites (N-methyl/N-ethyl adjacent to an activating group) is 1. The molecule has 1 aliphatic heterocycles. The molecule has 5 unspecified atom stereocenters. The summed E-state index contributed by atoms with van der Waals surface area (Å²) in [4.78, 5) is 28.5. The van der Waals surface area contributed by atoms with E-state index in [1.54, 1.807) is 6.92 Å². The van der Waals surface area contributed by atoms with Gasteiger partial charge in [-0.15, -0.1) is 16.4 Å². The Morgan fingerprint density at radius 3 is 2.48 bits per heavy atom. The van der Waals surface area contributed by atoms with E-state index in [2.05, 4.69) is 25.8 Å². The van der Waals surface area contributed by atoms with Crippen molar-refractivity contribution in [3.63, 3.8) is 0 Å². The summed E-state index contributed by atoms with van der Waals surface area (Å²) in [5, 5.41) is 5.53. The summed E-state index contributed by atoms with van der Waals surface area (Å²) < 4.78 is 39.8. The highest BCUT2D eigenvalue weighted by Crippen LogP contribution is 2.37. The van der Waals surface area contributed by atoms with E-state index < -0.39 is 33.4 Å². The molecule has 1 heterocycles. The predicted octanol–water partition coefficient (Wildman–Crippen LogP) is 0.855. The van der Waals surface area contributed by atoms with Crippen LogP contribution in [0.2, 0.25) is 0 Å². The Bertz CT molecular complexity index is 796. The summed E-state index contributed by atoms with van der Waals surface area (Å²) in [6.45, 7) is 3.33. The van der Waals surface area contributed by atoms with Gasteiger partial charge in [0.1, 0.15) is 6.17 Å². The number of sulfonamides is 1. The van der Waals surface area contributed by atoms with E-state index in [0.29, 0.717) is 32.1 Å². The van der Waals surface area contributed by atoms with E-state index in [0.717, 1.165) is 26.1 Å². The van der Waals surface area contributed by atoms with Crippen molar-refractivity contribution < 1.29 is 22.4 Å². The lowest BCUT2D eigenvalue weighted by Crippen LogP contribution is -2.52. The standard InChI is InChI=1S/C21H37ClFN5O4S/c1-3-19(29)25-15-6-4-13(5-7-15)11-33(31,32)27-26-21(30)16-8-14(9-17(22)20(16)23)18-10-28(2)12-24-18/h13-18,20,24,27H,3-12H2,1-2H3,(H,25,29)(H,26,30). The van der Waals surface area contributed by atoms with Gasteiger partial charge in [-0.2, -0.15) is 0 Å². The van der Waals surface area contributed by atoms with Crippen LogP contribution in [-0.2, 0) is 19.6 Å². The van der Waals surface area contributed by atoms with Crippen molar-refractivity contribution in [3.05, 3.63) is 0 Å². The van der Waals surface area contributed by atoms with Crippen molar-refractivity contribution in [1.29, 1.82) is 0 Å². The lowest BCUT2D eigenvalue weighted by atomic mass is 9.76. The molecular formula is C21H37ClFN5O4S. The molecule has 190 valence electrons. The number of hydrazine groups is 1. The fraction of sp³-hybridized carbons (Fsp3) is 0.905. The molecule has 5 atom stereocenters. The number of carbonyl (C=O) groups is 2. The smallest absolute Gasteiger partial charge is 0.241 e. The zero-order chi connectivity index (χ0) is 24.2. The van der Waals surface area contributed by atoms with Crippen molar-refractivity contribution >= 4 is 33.4 Å². The number of alkyl halides is 2. The Morgan fingerprint density at radius 1 is 1.18 bits per heavy atom. The highest BCUT2D eigenvalue weighted by molar-refractivity contribution is 7.89. The average molecular weight is 510 g/mol. The van der Waals surface area contributed by atoms with E-state index in [4.69, 9.17) is 11.6 Å². The molecule has 0 bridgehead atoms. The lowest BCUT2D eigenvalue weighted by Gasteiger charge is -2.37. The van der Waals surface area contributed by atoms with Crippen LogP contribution in [0.15, 0.2) is 0 Å². The molecule has 3 fully saturated rings. The van der Waals surface area contributed by atoms with Crippen LogP contribution in [0.4, 0.5) is 4.39 Å². The van der Waals surface area contributed by atoms with Crippen LogP contribution in [0.3, 0.4) is 0 Å². The van der Waals surface area contributed by atoms with Gasteiger partial charge in [-0.05, 0) is 57.4 Å². The summed E-state index contributed by atoms with van der Waals surface area (Å²) in [5.41, 5.74) is 2.23. The summed E-state index contributed by atoms with van der Waals surface area (Å²) >= 11 is 6.23. The number of hydrogen-bond donors (Lipinski definition) is 4. The number of amides is 2. The molecule has 1 saturated heterocycles. The van der Waals surface area contributed by atoms with Gasteiger partial charge in [0.15, 0.2) is 0 Å². The molecule has 3 rings (SSSR count). The second-order valence-corrected chi connectivity index (χ2v) is 12.1. The topological polar surface area (TPSA) is 120 Å². The van der Waals surface area contributed by atoms with Crippen molar-refractivity contribution in [3.8, 4) is 0 Å². The van der Waals surface area contributed by atoms with Gasteiger partial charge in [0, 0.05) is 31.7 Å². The van der Waals surface area contributed by atoms with Gasteiger partial charge in [-0.25, -0.2) is 12.8 Å². The van der Waals surface area contributed by atoms with Crippen LogP contribution in [0.5, 0.6) is 0 Å². The van der Waals surface area contributed by atoms with Gasteiger partial charge in [0.05, 0.1) is 17.0 Å². The van der Waals surface area contributed by atoms with E-state index in [-0.39, 0.29) is 35.6 Å². The minimum absolute atomic E-state index is 0.00138. The molecule has 33 heavy (non-hydrogen) atoms. The van der Waals surface area contributed by atoms with Crippen molar-refractivity contribution in [2.75, 3.05) is 26.0 Å². The zero-order valence-electron chi connectivity index (χ0n) is 19.4.